The lowest BCUT2D eigenvalue weighted by molar-refractivity contribution is -0.135. The predicted octanol–water partition coefficient (Wildman–Crippen LogP) is 7.51. The van der Waals surface area contributed by atoms with E-state index in [0.29, 0.717) is 71.5 Å². The van der Waals surface area contributed by atoms with Crippen LogP contribution in [0.2, 0.25) is 0 Å². The zero-order chi connectivity index (χ0) is 33.6. The number of ether oxygens (including phenoxy) is 5. The largest absolute Gasteiger partial charge is 0.497 e. The topological polar surface area (TPSA) is 101 Å². The monoisotopic (exact) mass is 646 g/mol. The van der Waals surface area contributed by atoms with Gasteiger partial charge in [-0.15, -0.1) is 0 Å². The molecule has 0 aliphatic carbocycles. The summed E-state index contributed by atoms with van der Waals surface area (Å²) in [6, 6.07) is 39.7. The Balaban J connectivity index is 1.19. The smallest absolute Gasteiger partial charge is 0.311 e. The summed E-state index contributed by atoms with van der Waals surface area (Å²) < 4.78 is 27.7. The molecule has 0 radical (unpaired) electrons. The number of rotatable bonds is 16. The van der Waals surface area contributed by atoms with Gasteiger partial charge in [-0.05, 0) is 90.2 Å². The van der Waals surface area contributed by atoms with E-state index < -0.39 is 5.60 Å². The van der Waals surface area contributed by atoms with Crippen molar-refractivity contribution in [3.63, 3.8) is 0 Å². The molecule has 1 N–H and O–H groups in total. The zero-order valence-electron chi connectivity index (χ0n) is 26.7. The van der Waals surface area contributed by atoms with Gasteiger partial charge in [0.2, 0.25) is 0 Å². The van der Waals surface area contributed by atoms with Crippen LogP contribution in [0, 0.1) is 0 Å². The maximum atomic E-state index is 12.3. The number of hydrogen-bond donors (Lipinski definition) is 1. The van der Waals surface area contributed by atoms with Crippen molar-refractivity contribution in [1.82, 2.24) is 0 Å². The minimum Gasteiger partial charge on any atom is -0.497 e. The summed E-state index contributed by atoms with van der Waals surface area (Å²) in [5.41, 5.74) is 0.430. The van der Waals surface area contributed by atoms with E-state index >= 15 is 0 Å². The Morgan fingerprint density at radius 1 is 0.500 bits per heavy atom. The fraction of sp³-hybridized carbons (Fsp3) is 0.200. The fourth-order valence-electron chi connectivity index (χ4n) is 5.07. The molecule has 0 saturated heterocycles. The van der Waals surface area contributed by atoms with Gasteiger partial charge in [0, 0.05) is 12.8 Å². The summed E-state index contributed by atoms with van der Waals surface area (Å²) in [6.07, 6.45) is 1.44. The number of benzene rings is 5. The van der Waals surface area contributed by atoms with Gasteiger partial charge in [-0.1, -0.05) is 72.8 Å². The third-order valence-corrected chi connectivity index (χ3v) is 7.59. The van der Waals surface area contributed by atoms with E-state index in [2.05, 4.69) is 0 Å². The molecule has 0 spiro atoms. The predicted molar refractivity (Wildman–Crippen MR) is 182 cm³/mol. The van der Waals surface area contributed by atoms with Crippen molar-refractivity contribution in [2.24, 2.45) is 0 Å². The van der Waals surface area contributed by atoms with Gasteiger partial charge in [-0.2, -0.15) is 0 Å². The number of esters is 2. The van der Waals surface area contributed by atoms with Crippen LogP contribution in [0.25, 0.3) is 0 Å². The molecule has 48 heavy (non-hydrogen) atoms. The second kappa shape index (κ2) is 16.8. The molecule has 246 valence electrons. The highest BCUT2D eigenvalue weighted by molar-refractivity contribution is 5.72. The minimum atomic E-state index is -1.49. The number of carbonyl (C=O) groups excluding carboxylic acids is 2. The van der Waals surface area contributed by atoms with E-state index in [1.165, 1.54) is 0 Å². The fourth-order valence-corrected chi connectivity index (χ4v) is 5.07. The van der Waals surface area contributed by atoms with E-state index in [9.17, 15) is 14.7 Å². The Morgan fingerprint density at radius 3 is 1.21 bits per heavy atom. The molecule has 5 rings (SSSR count). The Labute approximate surface area is 280 Å². The molecule has 0 atom stereocenters. The van der Waals surface area contributed by atoms with E-state index in [0.717, 1.165) is 0 Å². The molecule has 0 aliphatic rings. The van der Waals surface area contributed by atoms with E-state index in [-0.39, 0.29) is 24.8 Å². The van der Waals surface area contributed by atoms with E-state index in [4.69, 9.17) is 23.7 Å². The van der Waals surface area contributed by atoms with Crippen LogP contribution in [-0.4, -0.2) is 37.4 Å². The van der Waals surface area contributed by atoms with Gasteiger partial charge in [-0.25, -0.2) is 0 Å². The number of para-hydroxylation sites is 2. The molecule has 0 fully saturated rings. The molecule has 0 aromatic heterocycles. The summed E-state index contributed by atoms with van der Waals surface area (Å²) in [5, 5.41) is 12.3. The van der Waals surface area contributed by atoms with Crippen LogP contribution >= 0.6 is 0 Å². The standard InChI is InChI=1S/C40H38O8/c1-44-33-22-16-30(17-23-33)40(43,31-18-24-34(25-19-31)45-28-8-14-38(41)47-36-10-4-2-5-11-36)32-20-26-35(27-21-32)46-29-9-15-39(42)48-37-12-6-3-7-13-37/h2-7,10-13,16-27,43H,8-9,14-15,28-29H2,1H3. The first kappa shape index (κ1) is 33.8. The second-order valence-corrected chi connectivity index (χ2v) is 11.0. The molecule has 8 heteroatoms. The zero-order valence-corrected chi connectivity index (χ0v) is 26.7. The molecule has 0 aliphatic heterocycles. The molecule has 0 heterocycles. The number of methoxy groups -OCH3 is 1. The van der Waals surface area contributed by atoms with Crippen molar-refractivity contribution in [3.05, 3.63) is 150 Å². The van der Waals surface area contributed by atoms with Gasteiger partial charge in [0.05, 0.1) is 20.3 Å². The van der Waals surface area contributed by atoms with Crippen molar-refractivity contribution < 1.29 is 38.4 Å². The summed E-state index contributed by atoms with van der Waals surface area (Å²) in [6.45, 7) is 0.670. The highest BCUT2D eigenvalue weighted by atomic mass is 16.5. The maximum Gasteiger partial charge on any atom is 0.311 e. The summed E-state index contributed by atoms with van der Waals surface area (Å²) in [7, 11) is 1.59. The maximum absolute atomic E-state index is 12.3. The molecule has 5 aromatic carbocycles. The Hall–Kier alpha value is -5.60. The third-order valence-electron chi connectivity index (χ3n) is 7.59. The minimum absolute atomic E-state index is 0.227. The first-order chi connectivity index (χ1) is 23.4. The lowest BCUT2D eigenvalue weighted by Crippen LogP contribution is -2.28. The molecular formula is C40H38O8. The highest BCUT2D eigenvalue weighted by Crippen LogP contribution is 2.38. The Bertz CT molecular complexity index is 1610. The molecule has 0 bridgehead atoms. The van der Waals surface area contributed by atoms with Gasteiger partial charge < -0.3 is 28.8 Å². The second-order valence-electron chi connectivity index (χ2n) is 11.0. The van der Waals surface area contributed by atoms with E-state index in [1.54, 1.807) is 67.8 Å². The van der Waals surface area contributed by atoms with Crippen molar-refractivity contribution in [3.8, 4) is 28.7 Å². The number of aliphatic hydroxyl groups is 1. The van der Waals surface area contributed by atoms with Crippen LogP contribution in [-0.2, 0) is 15.2 Å². The number of hydrogen-bond acceptors (Lipinski definition) is 8. The molecule has 0 unspecified atom stereocenters. The van der Waals surface area contributed by atoms with Crippen LogP contribution in [0.15, 0.2) is 133 Å². The van der Waals surface area contributed by atoms with Gasteiger partial charge in [-0.3, -0.25) is 9.59 Å². The van der Waals surface area contributed by atoms with Crippen LogP contribution in [0.5, 0.6) is 28.7 Å². The van der Waals surface area contributed by atoms with Gasteiger partial charge in [0.25, 0.3) is 0 Å². The van der Waals surface area contributed by atoms with Gasteiger partial charge in [0.15, 0.2) is 0 Å². The third kappa shape index (κ3) is 9.24. The van der Waals surface area contributed by atoms with Crippen LogP contribution in [0.3, 0.4) is 0 Å². The number of carbonyl (C=O) groups is 2. The van der Waals surface area contributed by atoms with Crippen LogP contribution in [0.4, 0.5) is 0 Å². The molecule has 8 nitrogen and oxygen atoms in total. The average molecular weight is 647 g/mol. The van der Waals surface area contributed by atoms with E-state index in [1.807, 2.05) is 72.8 Å². The van der Waals surface area contributed by atoms with Gasteiger partial charge >= 0.3 is 11.9 Å². The molecule has 0 saturated carbocycles. The average Bonchev–Trinajstić information content (AvgIpc) is 3.13. The summed E-state index contributed by atoms with van der Waals surface area (Å²) in [5.74, 6) is 2.31. The summed E-state index contributed by atoms with van der Waals surface area (Å²) >= 11 is 0. The highest BCUT2D eigenvalue weighted by Gasteiger charge is 2.34. The quantitative estimate of drug-likeness (QED) is 0.0509. The van der Waals surface area contributed by atoms with Crippen molar-refractivity contribution in [1.29, 1.82) is 0 Å². The van der Waals surface area contributed by atoms with Crippen molar-refractivity contribution in [2.45, 2.75) is 31.3 Å². The Morgan fingerprint density at radius 2 is 0.854 bits per heavy atom. The Kier molecular flexibility index (Phi) is 11.8. The first-order valence-corrected chi connectivity index (χ1v) is 15.8. The molecule has 0 amide bonds. The van der Waals surface area contributed by atoms with Gasteiger partial charge in [0.1, 0.15) is 34.3 Å². The SMILES string of the molecule is COc1ccc(C(O)(c2ccc(OCCCC(=O)Oc3ccccc3)cc2)c2ccc(OCCCC(=O)Oc3ccccc3)cc2)cc1. The van der Waals surface area contributed by atoms with Crippen LogP contribution in [0.1, 0.15) is 42.4 Å². The van der Waals surface area contributed by atoms with Crippen molar-refractivity contribution >= 4 is 11.9 Å². The normalized spacial score (nSPS) is 11.0. The van der Waals surface area contributed by atoms with Crippen LogP contribution < -0.4 is 23.7 Å². The first-order valence-electron chi connectivity index (χ1n) is 15.8. The molecule has 5 aromatic rings. The van der Waals surface area contributed by atoms with Crippen molar-refractivity contribution in [2.75, 3.05) is 20.3 Å². The summed E-state index contributed by atoms with van der Waals surface area (Å²) in [4.78, 5) is 24.2. The lowest BCUT2D eigenvalue weighted by atomic mass is 9.80. The lowest BCUT2D eigenvalue weighted by Gasteiger charge is -2.30. The molecular weight excluding hydrogens is 608 g/mol.